The fourth-order valence-corrected chi connectivity index (χ4v) is 2.53. The number of hydrogen-bond acceptors (Lipinski definition) is 4. The molecule has 2 N–H and O–H groups in total. The zero-order chi connectivity index (χ0) is 18.6. The van der Waals surface area contributed by atoms with Crippen LogP contribution in [0.3, 0.4) is 0 Å². The van der Waals surface area contributed by atoms with E-state index < -0.39 is 11.4 Å². The third-order valence-corrected chi connectivity index (χ3v) is 4.17. The van der Waals surface area contributed by atoms with Crippen LogP contribution in [0.25, 0.3) is 11.4 Å². The maximum atomic E-state index is 11.2. The summed E-state index contributed by atoms with van der Waals surface area (Å²) in [4.78, 5) is 15.6. The van der Waals surface area contributed by atoms with Crippen molar-refractivity contribution in [1.29, 1.82) is 0 Å². The minimum absolute atomic E-state index is 0.424. The number of rotatable bonds is 7. The summed E-state index contributed by atoms with van der Waals surface area (Å²) in [5.41, 5.74) is 2.89. The molecule has 0 aliphatic heterocycles. The molecule has 0 saturated carbocycles. The number of benzene rings is 1. The number of carboxylic acid groups (broad SMARTS) is 1. The van der Waals surface area contributed by atoms with Crippen molar-refractivity contribution in [3.63, 3.8) is 0 Å². The van der Waals surface area contributed by atoms with Crippen LogP contribution in [0.5, 0.6) is 5.75 Å². The predicted octanol–water partition coefficient (Wildman–Crippen LogP) is 3.70. The second-order valence-electron chi connectivity index (χ2n) is 6.82. The Hall–Kier alpha value is -3.15. The second kappa shape index (κ2) is 7.39. The van der Waals surface area contributed by atoms with E-state index in [0.29, 0.717) is 18.8 Å². The van der Waals surface area contributed by atoms with E-state index in [9.17, 15) is 9.90 Å². The van der Waals surface area contributed by atoms with Crippen LogP contribution in [0.1, 0.15) is 25.0 Å². The number of nitrogens with zero attached hydrogens (tertiary/aromatic N) is 2. The van der Waals surface area contributed by atoms with E-state index in [1.54, 1.807) is 26.2 Å². The summed E-state index contributed by atoms with van der Waals surface area (Å²) in [6, 6.07) is 13.4. The molecule has 0 radical (unpaired) electrons. The van der Waals surface area contributed by atoms with Crippen LogP contribution in [0.15, 0.2) is 54.9 Å². The van der Waals surface area contributed by atoms with Gasteiger partial charge in [-0.15, -0.1) is 0 Å². The van der Waals surface area contributed by atoms with Gasteiger partial charge in [-0.25, -0.2) is 0 Å². The van der Waals surface area contributed by atoms with Gasteiger partial charge in [0.05, 0.1) is 23.0 Å². The molecule has 2 aromatic heterocycles. The highest BCUT2D eigenvalue weighted by molar-refractivity contribution is 5.74. The van der Waals surface area contributed by atoms with E-state index in [1.807, 2.05) is 42.5 Å². The van der Waals surface area contributed by atoms with Gasteiger partial charge in [-0.3, -0.25) is 14.9 Å². The Bertz CT molecular complexity index is 854. The lowest BCUT2D eigenvalue weighted by atomic mass is 9.86. The van der Waals surface area contributed by atoms with Gasteiger partial charge in [0.25, 0.3) is 0 Å². The molecule has 0 bridgehead atoms. The van der Waals surface area contributed by atoms with Crippen LogP contribution < -0.4 is 4.74 Å². The van der Waals surface area contributed by atoms with Crippen LogP contribution in [0.2, 0.25) is 0 Å². The number of hydrogen-bond donors (Lipinski definition) is 2. The van der Waals surface area contributed by atoms with Gasteiger partial charge in [0.2, 0.25) is 0 Å². The molecule has 3 rings (SSSR count). The fraction of sp³-hybridized carbons (Fsp3) is 0.250. The maximum Gasteiger partial charge on any atom is 0.309 e. The summed E-state index contributed by atoms with van der Waals surface area (Å²) in [6.45, 7) is 3.88. The first-order valence-corrected chi connectivity index (χ1v) is 8.34. The molecule has 26 heavy (non-hydrogen) atoms. The third-order valence-electron chi connectivity index (χ3n) is 4.17. The van der Waals surface area contributed by atoms with Gasteiger partial charge in [-0.2, -0.15) is 5.10 Å². The van der Waals surface area contributed by atoms with Gasteiger partial charge in [0.1, 0.15) is 12.4 Å². The molecule has 0 aliphatic carbocycles. The van der Waals surface area contributed by atoms with Crippen molar-refractivity contribution in [2.75, 3.05) is 0 Å². The molecule has 0 spiro atoms. The molecule has 2 heterocycles. The monoisotopic (exact) mass is 351 g/mol. The van der Waals surface area contributed by atoms with E-state index in [2.05, 4.69) is 15.2 Å². The third kappa shape index (κ3) is 4.27. The van der Waals surface area contributed by atoms with Crippen molar-refractivity contribution in [3.8, 4) is 17.1 Å². The lowest BCUT2D eigenvalue weighted by Gasteiger charge is -2.19. The zero-order valence-electron chi connectivity index (χ0n) is 14.8. The van der Waals surface area contributed by atoms with Crippen LogP contribution in [0.4, 0.5) is 0 Å². The van der Waals surface area contributed by atoms with E-state index in [1.165, 1.54) is 0 Å². The van der Waals surface area contributed by atoms with E-state index in [-0.39, 0.29) is 0 Å². The van der Waals surface area contributed by atoms with Gasteiger partial charge < -0.3 is 9.84 Å². The molecule has 0 fully saturated rings. The minimum Gasteiger partial charge on any atom is -0.487 e. The van der Waals surface area contributed by atoms with E-state index >= 15 is 0 Å². The number of aliphatic carboxylic acids is 1. The number of pyridine rings is 1. The topological polar surface area (TPSA) is 88.1 Å². The molecule has 0 aliphatic rings. The highest BCUT2D eigenvalue weighted by atomic mass is 16.5. The number of carboxylic acids is 1. The zero-order valence-corrected chi connectivity index (χ0v) is 14.8. The predicted molar refractivity (Wildman–Crippen MR) is 97.7 cm³/mol. The Morgan fingerprint density at radius 2 is 1.85 bits per heavy atom. The molecule has 1 aromatic carbocycles. The van der Waals surface area contributed by atoms with Crippen LogP contribution >= 0.6 is 0 Å². The first-order chi connectivity index (χ1) is 12.4. The first kappa shape index (κ1) is 17.7. The van der Waals surface area contributed by atoms with Gasteiger partial charge >= 0.3 is 5.97 Å². The number of H-pyrrole nitrogens is 1. The molecular formula is C20H21N3O3. The second-order valence-corrected chi connectivity index (χ2v) is 6.82. The van der Waals surface area contributed by atoms with Gasteiger partial charge in [-0.05, 0) is 49.6 Å². The lowest BCUT2D eigenvalue weighted by molar-refractivity contribution is -0.146. The van der Waals surface area contributed by atoms with Crippen molar-refractivity contribution in [1.82, 2.24) is 15.2 Å². The number of ether oxygens (including phenoxy) is 1. The summed E-state index contributed by atoms with van der Waals surface area (Å²) in [5, 5.41) is 16.0. The molecule has 6 nitrogen and oxygen atoms in total. The quantitative estimate of drug-likeness (QED) is 0.677. The molecule has 0 unspecified atom stereocenters. The number of aromatic amines is 1. The summed E-state index contributed by atoms with van der Waals surface area (Å²) < 4.78 is 5.76. The SMILES string of the molecule is CC(C)(Cc1ccc(COc2ccc(-c3ccn[nH]3)nc2)cc1)C(=O)O. The average molecular weight is 351 g/mol. The largest absolute Gasteiger partial charge is 0.487 e. The lowest BCUT2D eigenvalue weighted by Crippen LogP contribution is -2.26. The Morgan fingerprint density at radius 1 is 1.12 bits per heavy atom. The Balaban J connectivity index is 1.57. The highest BCUT2D eigenvalue weighted by Gasteiger charge is 2.27. The van der Waals surface area contributed by atoms with Crippen LogP contribution in [-0.4, -0.2) is 26.3 Å². The van der Waals surface area contributed by atoms with Gasteiger partial charge in [-0.1, -0.05) is 24.3 Å². The molecule has 0 atom stereocenters. The number of nitrogens with one attached hydrogen (secondary N) is 1. The summed E-state index contributed by atoms with van der Waals surface area (Å²) in [7, 11) is 0. The van der Waals surface area contributed by atoms with Gasteiger partial charge in [0.15, 0.2) is 0 Å². The Labute approximate surface area is 151 Å². The van der Waals surface area contributed by atoms with E-state index in [4.69, 9.17) is 4.74 Å². The smallest absolute Gasteiger partial charge is 0.309 e. The fourth-order valence-electron chi connectivity index (χ4n) is 2.53. The Kier molecular flexibility index (Phi) is 5.02. The molecular weight excluding hydrogens is 330 g/mol. The van der Waals surface area contributed by atoms with Crippen molar-refractivity contribution < 1.29 is 14.6 Å². The van der Waals surface area contributed by atoms with Crippen molar-refractivity contribution in [2.45, 2.75) is 26.9 Å². The number of aromatic nitrogens is 3. The molecule has 6 heteroatoms. The minimum atomic E-state index is -0.795. The van der Waals surface area contributed by atoms with Gasteiger partial charge in [0, 0.05) is 6.20 Å². The standard InChI is InChI=1S/C20H21N3O3/c1-20(2,19(24)25)11-14-3-5-15(6-4-14)13-26-16-7-8-17(21-12-16)18-9-10-22-23-18/h3-10,12H,11,13H2,1-2H3,(H,22,23)(H,24,25). The van der Waals surface area contributed by atoms with E-state index in [0.717, 1.165) is 22.5 Å². The van der Waals surface area contributed by atoms with Crippen LogP contribution in [0, 0.1) is 5.41 Å². The number of carbonyl (C=O) groups is 1. The summed E-state index contributed by atoms with van der Waals surface area (Å²) in [5.74, 6) is -0.111. The molecule has 134 valence electrons. The normalized spacial score (nSPS) is 11.3. The van der Waals surface area contributed by atoms with Crippen molar-refractivity contribution in [2.24, 2.45) is 5.41 Å². The van der Waals surface area contributed by atoms with Crippen molar-refractivity contribution in [3.05, 3.63) is 66.0 Å². The van der Waals surface area contributed by atoms with Crippen molar-refractivity contribution >= 4 is 5.97 Å². The Morgan fingerprint density at radius 3 is 2.42 bits per heavy atom. The highest BCUT2D eigenvalue weighted by Crippen LogP contribution is 2.23. The summed E-state index contributed by atoms with van der Waals surface area (Å²) >= 11 is 0. The molecule has 0 amide bonds. The maximum absolute atomic E-state index is 11.2. The average Bonchev–Trinajstić information content (AvgIpc) is 3.16. The first-order valence-electron chi connectivity index (χ1n) is 8.34. The molecule has 0 saturated heterocycles. The van der Waals surface area contributed by atoms with Crippen LogP contribution in [-0.2, 0) is 17.8 Å². The molecule has 3 aromatic rings. The summed E-state index contributed by atoms with van der Waals surface area (Å²) in [6.07, 6.45) is 3.85.